The molecule has 0 saturated carbocycles. The maximum absolute atomic E-state index is 13.2. The Morgan fingerprint density at radius 1 is 1.03 bits per heavy atom. The van der Waals surface area contributed by atoms with Gasteiger partial charge in [-0.2, -0.15) is 5.10 Å². The van der Waals surface area contributed by atoms with Crippen LogP contribution in [0, 0.1) is 0 Å². The lowest BCUT2D eigenvalue weighted by atomic mass is 10.0. The zero-order valence-electron chi connectivity index (χ0n) is 19.5. The van der Waals surface area contributed by atoms with Crippen LogP contribution < -0.4 is 5.56 Å². The second kappa shape index (κ2) is 8.47. The van der Waals surface area contributed by atoms with Gasteiger partial charge in [0.2, 0.25) is 0 Å². The Morgan fingerprint density at radius 3 is 2.44 bits per heavy atom. The molecule has 0 aliphatic carbocycles. The van der Waals surface area contributed by atoms with E-state index in [1.165, 1.54) is 0 Å². The third-order valence-electron chi connectivity index (χ3n) is 6.17. The average molecular weight is 479 g/mol. The van der Waals surface area contributed by atoms with E-state index in [2.05, 4.69) is 0 Å². The zero-order chi connectivity index (χ0) is 24.0. The number of benzene rings is 2. The van der Waals surface area contributed by atoms with Gasteiger partial charge in [-0.15, -0.1) is 0 Å². The standard InChI is InChI=1S/C26H27ClN4O3/c1-26(2,3)34-25(33)29-14-11-17(12-15-29)31-22(32)13-16-30-24(31)23-19(8-6-10-21(23)28-30)18-7-4-5-9-20(18)27/h4-10,13,16-17H,11-12,14-15H2,1-3H3. The number of ether oxygens (including phenoxy) is 1. The number of carbonyl (C=O) groups is 1. The molecule has 0 bridgehead atoms. The molecule has 0 spiro atoms. The normalized spacial score (nSPS) is 15.2. The molecule has 5 rings (SSSR count). The van der Waals surface area contributed by atoms with Crippen molar-refractivity contribution in [3.05, 3.63) is 70.1 Å². The zero-order valence-corrected chi connectivity index (χ0v) is 20.2. The first-order valence-corrected chi connectivity index (χ1v) is 11.9. The Balaban J connectivity index is 1.59. The van der Waals surface area contributed by atoms with Gasteiger partial charge in [0.1, 0.15) is 11.2 Å². The fourth-order valence-corrected chi connectivity index (χ4v) is 4.92. The minimum atomic E-state index is -0.540. The first-order valence-electron chi connectivity index (χ1n) is 11.5. The van der Waals surface area contributed by atoms with Crippen molar-refractivity contribution in [2.45, 2.75) is 45.3 Å². The number of piperidine rings is 1. The summed E-state index contributed by atoms with van der Waals surface area (Å²) in [4.78, 5) is 27.4. The number of amides is 1. The molecule has 7 nitrogen and oxygen atoms in total. The van der Waals surface area contributed by atoms with Gasteiger partial charge in [0.05, 0.1) is 10.9 Å². The largest absolute Gasteiger partial charge is 0.444 e. The monoisotopic (exact) mass is 478 g/mol. The van der Waals surface area contributed by atoms with Gasteiger partial charge >= 0.3 is 6.09 Å². The summed E-state index contributed by atoms with van der Waals surface area (Å²) in [6.07, 6.45) is 2.70. The molecule has 176 valence electrons. The van der Waals surface area contributed by atoms with Crippen molar-refractivity contribution in [3.63, 3.8) is 0 Å². The van der Waals surface area contributed by atoms with E-state index in [0.717, 1.165) is 27.7 Å². The van der Waals surface area contributed by atoms with Crippen LogP contribution in [0.2, 0.25) is 5.02 Å². The summed E-state index contributed by atoms with van der Waals surface area (Å²) in [6, 6.07) is 15.1. The Morgan fingerprint density at radius 2 is 1.74 bits per heavy atom. The predicted molar refractivity (Wildman–Crippen MR) is 133 cm³/mol. The molecule has 0 N–H and O–H groups in total. The maximum Gasteiger partial charge on any atom is 0.410 e. The molecule has 1 saturated heterocycles. The number of halogens is 1. The molecule has 4 aromatic rings. The van der Waals surface area contributed by atoms with Crippen molar-refractivity contribution in [2.24, 2.45) is 0 Å². The number of hydrogen-bond donors (Lipinski definition) is 0. The Bertz CT molecular complexity index is 1440. The lowest BCUT2D eigenvalue weighted by Gasteiger charge is -2.34. The third-order valence-corrected chi connectivity index (χ3v) is 6.50. The van der Waals surface area contributed by atoms with E-state index in [1.807, 2.05) is 67.8 Å². The Kier molecular flexibility index (Phi) is 5.60. The molecule has 0 radical (unpaired) electrons. The average Bonchev–Trinajstić information content (AvgIpc) is 3.17. The van der Waals surface area contributed by atoms with E-state index in [0.29, 0.717) is 31.0 Å². The van der Waals surface area contributed by atoms with Gasteiger partial charge < -0.3 is 9.64 Å². The molecule has 0 atom stereocenters. The summed E-state index contributed by atoms with van der Waals surface area (Å²) >= 11 is 6.54. The highest BCUT2D eigenvalue weighted by Crippen LogP contribution is 2.36. The molecule has 0 unspecified atom stereocenters. The predicted octanol–water partition coefficient (Wildman–Crippen LogP) is 5.54. The quantitative estimate of drug-likeness (QED) is 0.379. The van der Waals surface area contributed by atoms with Gasteiger partial charge in [-0.25, -0.2) is 9.31 Å². The fraction of sp³-hybridized carbons (Fsp3) is 0.346. The lowest BCUT2D eigenvalue weighted by molar-refractivity contribution is 0.0188. The van der Waals surface area contributed by atoms with Crippen LogP contribution in [0.4, 0.5) is 4.79 Å². The molecular weight excluding hydrogens is 452 g/mol. The summed E-state index contributed by atoms with van der Waals surface area (Å²) in [5.74, 6) is 0. The van der Waals surface area contributed by atoms with Crippen LogP contribution in [0.1, 0.15) is 39.7 Å². The minimum Gasteiger partial charge on any atom is -0.444 e. The molecule has 1 fully saturated rings. The first kappa shape index (κ1) is 22.5. The van der Waals surface area contributed by atoms with Gasteiger partial charge in [-0.1, -0.05) is 41.9 Å². The van der Waals surface area contributed by atoms with Crippen molar-refractivity contribution in [1.82, 2.24) is 19.1 Å². The molecule has 34 heavy (non-hydrogen) atoms. The first-order chi connectivity index (χ1) is 16.2. The number of hydrogen-bond acceptors (Lipinski definition) is 4. The van der Waals surface area contributed by atoms with Crippen molar-refractivity contribution < 1.29 is 9.53 Å². The van der Waals surface area contributed by atoms with Crippen LogP contribution in [0.5, 0.6) is 0 Å². The van der Waals surface area contributed by atoms with Crippen LogP contribution in [0.25, 0.3) is 27.7 Å². The molecule has 3 heterocycles. The van der Waals surface area contributed by atoms with Crippen LogP contribution in [0.15, 0.2) is 59.5 Å². The molecule has 8 heteroatoms. The van der Waals surface area contributed by atoms with Gasteiger partial charge in [0.25, 0.3) is 5.56 Å². The molecule has 2 aromatic heterocycles. The highest BCUT2D eigenvalue weighted by atomic mass is 35.5. The smallest absolute Gasteiger partial charge is 0.410 e. The molecular formula is C26H27ClN4O3. The van der Waals surface area contributed by atoms with E-state index in [9.17, 15) is 9.59 Å². The minimum absolute atomic E-state index is 0.0610. The summed E-state index contributed by atoms with van der Waals surface area (Å²) < 4.78 is 9.13. The molecule has 1 aliphatic heterocycles. The topological polar surface area (TPSA) is 68.8 Å². The number of fused-ring (bicyclic) bond motifs is 3. The number of carbonyl (C=O) groups excluding carboxylic acids is 1. The summed E-state index contributed by atoms with van der Waals surface area (Å²) in [7, 11) is 0. The highest BCUT2D eigenvalue weighted by molar-refractivity contribution is 6.33. The highest BCUT2D eigenvalue weighted by Gasteiger charge is 2.29. The van der Waals surface area contributed by atoms with Gasteiger partial charge in [-0.05, 0) is 51.3 Å². The Labute approximate surface area is 202 Å². The maximum atomic E-state index is 13.2. The van der Waals surface area contributed by atoms with Crippen LogP contribution >= 0.6 is 11.6 Å². The van der Waals surface area contributed by atoms with E-state index >= 15 is 0 Å². The number of nitrogens with zero attached hydrogens (tertiary/aromatic N) is 4. The van der Waals surface area contributed by atoms with Gasteiger partial charge in [0.15, 0.2) is 0 Å². The van der Waals surface area contributed by atoms with E-state index in [-0.39, 0.29) is 17.7 Å². The van der Waals surface area contributed by atoms with Gasteiger partial charge in [0, 0.05) is 42.0 Å². The van der Waals surface area contributed by atoms with E-state index in [1.54, 1.807) is 21.7 Å². The summed E-state index contributed by atoms with van der Waals surface area (Å²) in [6.45, 7) is 6.63. The number of likely N-dealkylation sites (tertiary alicyclic amines) is 1. The van der Waals surface area contributed by atoms with Crippen LogP contribution in [-0.2, 0) is 4.74 Å². The van der Waals surface area contributed by atoms with E-state index < -0.39 is 5.60 Å². The van der Waals surface area contributed by atoms with Crippen molar-refractivity contribution >= 4 is 34.2 Å². The SMILES string of the molecule is CC(C)(C)OC(=O)N1CCC(n2c(=O)ccn3nc4cccc(-c5ccccc5Cl)c4c23)CC1. The third kappa shape index (κ3) is 4.05. The fourth-order valence-electron chi connectivity index (χ4n) is 4.68. The van der Waals surface area contributed by atoms with Crippen LogP contribution in [-0.4, -0.2) is 43.9 Å². The molecule has 1 amide bonds. The van der Waals surface area contributed by atoms with E-state index in [4.69, 9.17) is 21.4 Å². The summed E-state index contributed by atoms with van der Waals surface area (Å²) in [5.41, 5.74) is 2.74. The van der Waals surface area contributed by atoms with Crippen molar-refractivity contribution in [3.8, 4) is 11.1 Å². The second-order valence-corrected chi connectivity index (χ2v) is 10.1. The summed E-state index contributed by atoms with van der Waals surface area (Å²) in [5, 5.41) is 6.28. The lowest BCUT2D eigenvalue weighted by Crippen LogP contribution is -2.43. The van der Waals surface area contributed by atoms with Crippen molar-refractivity contribution in [1.29, 1.82) is 0 Å². The van der Waals surface area contributed by atoms with Crippen LogP contribution in [0.3, 0.4) is 0 Å². The Hall–Kier alpha value is -3.32. The van der Waals surface area contributed by atoms with Crippen molar-refractivity contribution in [2.75, 3.05) is 13.1 Å². The second-order valence-electron chi connectivity index (χ2n) is 9.67. The van der Waals surface area contributed by atoms with Gasteiger partial charge in [-0.3, -0.25) is 9.36 Å². The molecule has 1 aliphatic rings. The molecule has 2 aromatic carbocycles. The number of rotatable bonds is 2. The number of aromatic nitrogens is 3.